The van der Waals surface area contributed by atoms with Crippen LogP contribution in [0.3, 0.4) is 0 Å². The van der Waals surface area contributed by atoms with E-state index in [-0.39, 0.29) is 0 Å². The molecule has 0 fully saturated rings. The number of hydroxylamine groups is 2. The average Bonchev–Trinajstić information content (AvgIpc) is 2.34. The fraction of sp³-hybridized carbons (Fsp3) is 0.400. The largest absolute Gasteiger partial charge is 0.442 e. The SMILES string of the molecule is C=C[C@H](c1ccc(Cl)cc1)N(OC)C(=O)OC(C)(C)C. The Bertz CT molecular complexity index is 465. The van der Waals surface area contributed by atoms with E-state index in [1.165, 1.54) is 7.11 Å². The van der Waals surface area contributed by atoms with E-state index in [0.717, 1.165) is 10.6 Å². The first kappa shape index (κ1) is 16.5. The maximum Gasteiger partial charge on any atom is 0.435 e. The van der Waals surface area contributed by atoms with Crippen LogP contribution in [0.5, 0.6) is 0 Å². The molecule has 0 saturated carbocycles. The van der Waals surface area contributed by atoms with Crippen LogP contribution in [-0.2, 0) is 9.57 Å². The van der Waals surface area contributed by atoms with Crippen molar-refractivity contribution in [1.82, 2.24) is 5.06 Å². The molecule has 0 aliphatic carbocycles. The van der Waals surface area contributed by atoms with Crippen molar-refractivity contribution in [2.24, 2.45) is 0 Å². The lowest BCUT2D eigenvalue weighted by Crippen LogP contribution is -2.38. The molecule has 0 aromatic heterocycles. The summed E-state index contributed by atoms with van der Waals surface area (Å²) in [7, 11) is 1.41. The van der Waals surface area contributed by atoms with Gasteiger partial charge in [0.1, 0.15) is 11.6 Å². The van der Waals surface area contributed by atoms with Gasteiger partial charge in [0, 0.05) is 5.02 Å². The molecule has 1 aromatic carbocycles. The number of rotatable bonds is 4. The van der Waals surface area contributed by atoms with Crippen molar-refractivity contribution in [2.75, 3.05) is 7.11 Å². The number of benzene rings is 1. The molecule has 0 heterocycles. The zero-order chi connectivity index (χ0) is 15.3. The maximum atomic E-state index is 12.1. The van der Waals surface area contributed by atoms with E-state index in [4.69, 9.17) is 21.2 Å². The minimum absolute atomic E-state index is 0.452. The molecule has 1 rings (SSSR count). The Labute approximate surface area is 124 Å². The molecular weight excluding hydrogens is 278 g/mol. The maximum absolute atomic E-state index is 12.1. The summed E-state index contributed by atoms with van der Waals surface area (Å²) in [6.45, 7) is 9.13. The molecule has 1 amide bonds. The first-order chi connectivity index (χ1) is 9.28. The third kappa shape index (κ3) is 4.54. The molecule has 1 aromatic rings. The Balaban J connectivity index is 2.98. The molecular formula is C15H20ClNO3. The fourth-order valence-electron chi connectivity index (χ4n) is 1.64. The van der Waals surface area contributed by atoms with Gasteiger partial charge < -0.3 is 4.74 Å². The molecule has 5 heteroatoms. The highest BCUT2D eigenvalue weighted by molar-refractivity contribution is 6.30. The van der Waals surface area contributed by atoms with Crippen LogP contribution in [-0.4, -0.2) is 23.9 Å². The second kappa shape index (κ2) is 6.77. The molecule has 0 aliphatic rings. The molecule has 4 nitrogen and oxygen atoms in total. The van der Waals surface area contributed by atoms with E-state index in [1.807, 2.05) is 12.1 Å². The second-order valence-electron chi connectivity index (χ2n) is 5.22. The summed E-state index contributed by atoms with van der Waals surface area (Å²) in [6, 6.07) is 6.66. The summed E-state index contributed by atoms with van der Waals surface area (Å²) >= 11 is 5.86. The molecule has 0 bridgehead atoms. The van der Waals surface area contributed by atoms with E-state index in [1.54, 1.807) is 39.0 Å². The van der Waals surface area contributed by atoms with E-state index >= 15 is 0 Å². The number of carbonyl (C=O) groups is 1. The Morgan fingerprint density at radius 1 is 1.35 bits per heavy atom. The zero-order valence-electron chi connectivity index (χ0n) is 12.2. The molecule has 0 N–H and O–H groups in total. The summed E-state index contributed by atoms with van der Waals surface area (Å²) in [5.41, 5.74) is 0.233. The smallest absolute Gasteiger partial charge is 0.435 e. The van der Waals surface area contributed by atoms with Gasteiger partial charge in [0.05, 0.1) is 7.11 Å². The van der Waals surface area contributed by atoms with E-state index in [2.05, 4.69) is 6.58 Å². The molecule has 0 unspecified atom stereocenters. The highest BCUT2D eigenvalue weighted by Crippen LogP contribution is 2.25. The summed E-state index contributed by atoms with van der Waals surface area (Å²) in [5.74, 6) is 0. The number of halogens is 1. The topological polar surface area (TPSA) is 38.8 Å². The Hall–Kier alpha value is -1.52. The molecule has 110 valence electrons. The standard InChI is InChI=1S/C15H20ClNO3/c1-6-13(11-7-9-12(16)10-8-11)17(19-5)14(18)20-15(2,3)4/h6-10,13H,1H2,2-5H3/t13-/m1/s1. The number of carbonyl (C=O) groups excluding carboxylic acids is 1. The van der Waals surface area contributed by atoms with Gasteiger partial charge in [0.25, 0.3) is 0 Å². The van der Waals surface area contributed by atoms with Crippen LogP contribution < -0.4 is 0 Å². The predicted octanol–water partition coefficient (Wildman–Crippen LogP) is 4.37. The quantitative estimate of drug-likeness (QED) is 0.612. The zero-order valence-corrected chi connectivity index (χ0v) is 13.0. The Morgan fingerprint density at radius 3 is 2.30 bits per heavy atom. The monoisotopic (exact) mass is 297 g/mol. The van der Waals surface area contributed by atoms with Crippen LogP contribution in [0, 0.1) is 0 Å². The Kier molecular flexibility index (Phi) is 5.60. The minimum atomic E-state index is -0.598. The van der Waals surface area contributed by atoms with Crippen molar-refractivity contribution in [3.05, 3.63) is 47.5 Å². The van der Waals surface area contributed by atoms with Crippen LogP contribution in [0.2, 0.25) is 5.02 Å². The van der Waals surface area contributed by atoms with Gasteiger partial charge in [-0.05, 0) is 38.5 Å². The fourth-order valence-corrected chi connectivity index (χ4v) is 1.76. The number of ether oxygens (including phenoxy) is 1. The lowest BCUT2D eigenvalue weighted by Gasteiger charge is -2.30. The number of amides is 1. The molecule has 20 heavy (non-hydrogen) atoms. The highest BCUT2D eigenvalue weighted by Gasteiger charge is 2.28. The van der Waals surface area contributed by atoms with Crippen LogP contribution in [0.4, 0.5) is 4.79 Å². The molecule has 0 aliphatic heterocycles. The summed E-state index contributed by atoms with van der Waals surface area (Å²) in [4.78, 5) is 17.3. The normalized spacial score (nSPS) is 12.7. The van der Waals surface area contributed by atoms with Gasteiger partial charge in [-0.3, -0.25) is 4.84 Å². The highest BCUT2D eigenvalue weighted by atomic mass is 35.5. The molecule has 0 saturated heterocycles. The van der Waals surface area contributed by atoms with Gasteiger partial charge in [-0.2, -0.15) is 5.06 Å². The van der Waals surface area contributed by atoms with Crippen LogP contribution >= 0.6 is 11.6 Å². The summed E-state index contributed by atoms with van der Waals surface area (Å²) < 4.78 is 5.31. The Morgan fingerprint density at radius 2 is 1.90 bits per heavy atom. The van der Waals surface area contributed by atoms with Crippen molar-refractivity contribution in [1.29, 1.82) is 0 Å². The first-order valence-corrected chi connectivity index (χ1v) is 6.60. The van der Waals surface area contributed by atoms with Crippen LogP contribution in [0.15, 0.2) is 36.9 Å². The van der Waals surface area contributed by atoms with Crippen molar-refractivity contribution >= 4 is 17.7 Å². The second-order valence-corrected chi connectivity index (χ2v) is 5.66. The third-order valence-electron chi connectivity index (χ3n) is 2.46. The average molecular weight is 298 g/mol. The number of hydrogen-bond acceptors (Lipinski definition) is 3. The van der Waals surface area contributed by atoms with Gasteiger partial charge in [0.15, 0.2) is 0 Å². The summed E-state index contributed by atoms with van der Waals surface area (Å²) in [5, 5.41) is 1.76. The summed E-state index contributed by atoms with van der Waals surface area (Å²) in [6.07, 6.45) is 1.04. The lowest BCUT2D eigenvalue weighted by molar-refractivity contribution is -0.140. The van der Waals surface area contributed by atoms with Crippen molar-refractivity contribution in [3.63, 3.8) is 0 Å². The minimum Gasteiger partial charge on any atom is -0.442 e. The molecule has 0 radical (unpaired) electrons. The van der Waals surface area contributed by atoms with Crippen LogP contribution in [0.1, 0.15) is 32.4 Å². The van der Waals surface area contributed by atoms with Gasteiger partial charge in [0.2, 0.25) is 0 Å². The van der Waals surface area contributed by atoms with Gasteiger partial charge in [-0.1, -0.05) is 29.8 Å². The van der Waals surface area contributed by atoms with Crippen LogP contribution in [0.25, 0.3) is 0 Å². The first-order valence-electron chi connectivity index (χ1n) is 6.23. The van der Waals surface area contributed by atoms with Crippen molar-refractivity contribution in [2.45, 2.75) is 32.4 Å². The van der Waals surface area contributed by atoms with Crippen molar-refractivity contribution < 1.29 is 14.4 Å². The van der Waals surface area contributed by atoms with E-state index in [0.29, 0.717) is 5.02 Å². The van der Waals surface area contributed by atoms with Gasteiger partial charge in [-0.15, -0.1) is 6.58 Å². The lowest BCUT2D eigenvalue weighted by atomic mass is 10.1. The number of hydrogen-bond donors (Lipinski definition) is 0. The van der Waals surface area contributed by atoms with Crippen molar-refractivity contribution in [3.8, 4) is 0 Å². The number of nitrogens with zero attached hydrogens (tertiary/aromatic N) is 1. The van der Waals surface area contributed by atoms with Gasteiger partial charge in [-0.25, -0.2) is 4.79 Å². The van der Waals surface area contributed by atoms with E-state index in [9.17, 15) is 4.79 Å². The molecule has 0 spiro atoms. The van der Waals surface area contributed by atoms with Gasteiger partial charge >= 0.3 is 6.09 Å². The molecule has 1 atom stereocenters. The predicted molar refractivity (Wildman–Crippen MR) is 79.5 cm³/mol. The third-order valence-corrected chi connectivity index (χ3v) is 2.71. The van der Waals surface area contributed by atoms with E-state index < -0.39 is 17.7 Å².